The molecule has 0 aliphatic heterocycles. The summed E-state index contributed by atoms with van der Waals surface area (Å²) < 4.78 is 169. The second kappa shape index (κ2) is 5.61. The fourth-order valence-electron chi connectivity index (χ4n) is 0.771. The molecule has 0 bridgehead atoms. The number of allylic oxidation sites excluding steroid dienone is 4. The van der Waals surface area contributed by atoms with E-state index in [1.807, 2.05) is 0 Å². The van der Waals surface area contributed by atoms with Gasteiger partial charge in [-0.05, 0) is 0 Å². The Hall–Kier alpha value is -1.50. The second-order valence-electron chi connectivity index (χ2n) is 3.40. The SMILES string of the molecule is FC(C(F)=C(F)C(F)(F)C(F)(F)C(F)(F)F)=C(F)C(F)(F)F. The highest BCUT2D eigenvalue weighted by atomic mass is 19.4. The first-order valence-corrected chi connectivity index (χ1v) is 4.40. The van der Waals surface area contributed by atoms with Gasteiger partial charge in [-0.1, -0.05) is 0 Å². The molecule has 0 rings (SSSR count). The van der Waals surface area contributed by atoms with Gasteiger partial charge in [-0.2, -0.15) is 48.3 Å². The van der Waals surface area contributed by atoms with E-state index in [0.717, 1.165) is 0 Å². The van der Waals surface area contributed by atoms with Crippen LogP contribution in [0.3, 0.4) is 0 Å². The van der Waals surface area contributed by atoms with E-state index in [2.05, 4.69) is 0 Å². The average molecular weight is 362 g/mol. The molecule has 0 aromatic heterocycles. The van der Waals surface area contributed by atoms with Crippen LogP contribution >= 0.6 is 0 Å². The minimum absolute atomic E-state index is 4.05. The van der Waals surface area contributed by atoms with Gasteiger partial charge in [0, 0.05) is 0 Å². The predicted molar refractivity (Wildman–Crippen MR) is 40.5 cm³/mol. The highest BCUT2D eigenvalue weighted by Crippen LogP contribution is 2.51. The van der Waals surface area contributed by atoms with Crippen LogP contribution in [0.15, 0.2) is 23.3 Å². The Bertz CT molecular complexity index is 486. The molecule has 0 fully saturated rings. The van der Waals surface area contributed by atoms with Crippen LogP contribution in [0, 0.1) is 0 Å². The van der Waals surface area contributed by atoms with Gasteiger partial charge in [-0.25, -0.2) is 13.2 Å². The van der Waals surface area contributed by atoms with E-state index in [-0.39, 0.29) is 0 Å². The van der Waals surface area contributed by atoms with Crippen LogP contribution in [0.2, 0.25) is 0 Å². The Labute approximate surface area is 110 Å². The molecule has 0 saturated heterocycles. The first-order chi connectivity index (χ1) is 9.39. The molecule has 0 radical (unpaired) electrons. The summed E-state index contributed by atoms with van der Waals surface area (Å²) in [4.78, 5) is 0. The first-order valence-electron chi connectivity index (χ1n) is 4.40. The summed E-state index contributed by atoms with van der Waals surface area (Å²) >= 11 is 0. The molecular weight excluding hydrogens is 362 g/mol. The zero-order valence-electron chi connectivity index (χ0n) is 9.29. The van der Waals surface area contributed by atoms with Gasteiger partial charge in [0.2, 0.25) is 17.5 Å². The topological polar surface area (TPSA) is 0 Å². The lowest BCUT2D eigenvalue weighted by atomic mass is 10.1. The number of halogens is 14. The zero-order valence-corrected chi connectivity index (χ0v) is 9.29. The summed E-state index contributed by atoms with van der Waals surface area (Å²) in [5.41, 5.74) is 0. The Balaban J connectivity index is 6.19. The molecule has 0 heterocycles. The standard InChI is InChI=1S/C8F14/c9-1(2(10)4(12)6(15,16)17)3(11)5(13,14)7(18,19)8(20,21)22. The van der Waals surface area contributed by atoms with Crippen LogP contribution in [-0.2, 0) is 0 Å². The quantitative estimate of drug-likeness (QED) is 0.448. The molecule has 0 N–H and O–H groups in total. The van der Waals surface area contributed by atoms with Crippen LogP contribution < -0.4 is 0 Å². The van der Waals surface area contributed by atoms with Gasteiger partial charge in [-0.15, -0.1) is 0 Å². The third-order valence-corrected chi connectivity index (χ3v) is 1.85. The van der Waals surface area contributed by atoms with Crippen LogP contribution in [0.1, 0.15) is 0 Å². The molecule has 0 amide bonds. The molecule has 22 heavy (non-hydrogen) atoms. The monoisotopic (exact) mass is 362 g/mol. The maximum atomic E-state index is 12.6. The molecule has 0 aliphatic carbocycles. The molecule has 130 valence electrons. The Kier molecular flexibility index (Phi) is 5.22. The van der Waals surface area contributed by atoms with Crippen LogP contribution in [-0.4, -0.2) is 24.2 Å². The van der Waals surface area contributed by atoms with E-state index in [0.29, 0.717) is 0 Å². The zero-order chi connectivity index (χ0) is 18.3. The van der Waals surface area contributed by atoms with Crippen LogP contribution in [0.4, 0.5) is 61.5 Å². The highest BCUT2D eigenvalue weighted by Gasteiger charge is 2.75. The summed E-state index contributed by atoms with van der Waals surface area (Å²) in [5.74, 6) is -31.4. The maximum absolute atomic E-state index is 12.6. The van der Waals surface area contributed by atoms with E-state index in [1.54, 1.807) is 0 Å². The third-order valence-electron chi connectivity index (χ3n) is 1.85. The molecule has 0 aromatic carbocycles. The van der Waals surface area contributed by atoms with Gasteiger partial charge in [0.1, 0.15) is 0 Å². The van der Waals surface area contributed by atoms with Gasteiger partial charge >= 0.3 is 24.2 Å². The number of hydrogen-bond acceptors (Lipinski definition) is 0. The Morgan fingerprint density at radius 2 is 0.818 bits per heavy atom. The van der Waals surface area contributed by atoms with Gasteiger partial charge in [0.25, 0.3) is 0 Å². The summed E-state index contributed by atoms with van der Waals surface area (Å²) in [6.45, 7) is 0. The number of alkyl halides is 10. The van der Waals surface area contributed by atoms with Crippen molar-refractivity contribution in [3.8, 4) is 0 Å². The fraction of sp³-hybridized carbons (Fsp3) is 0.500. The first kappa shape index (κ1) is 20.5. The fourth-order valence-corrected chi connectivity index (χ4v) is 0.771. The van der Waals surface area contributed by atoms with Gasteiger partial charge < -0.3 is 0 Å². The highest BCUT2D eigenvalue weighted by molar-refractivity contribution is 5.30. The third kappa shape index (κ3) is 3.45. The van der Waals surface area contributed by atoms with Crippen molar-refractivity contribution in [3.05, 3.63) is 23.3 Å². The largest absolute Gasteiger partial charge is 0.460 e. The van der Waals surface area contributed by atoms with Gasteiger partial charge in [0.15, 0.2) is 5.83 Å². The van der Waals surface area contributed by atoms with Crippen molar-refractivity contribution < 1.29 is 61.5 Å². The summed E-state index contributed by atoms with van der Waals surface area (Å²) in [7, 11) is 0. The lowest BCUT2D eigenvalue weighted by Gasteiger charge is -2.26. The molecule has 14 heteroatoms. The van der Waals surface area contributed by atoms with Crippen molar-refractivity contribution in [1.29, 1.82) is 0 Å². The minimum atomic E-state index is -7.31. The molecule has 0 aliphatic rings. The van der Waals surface area contributed by atoms with Gasteiger partial charge in [0.05, 0.1) is 0 Å². The smallest absolute Gasteiger partial charge is 0.201 e. The number of hydrogen-bond donors (Lipinski definition) is 0. The summed E-state index contributed by atoms with van der Waals surface area (Å²) in [6.07, 6.45) is -13.5. The van der Waals surface area contributed by atoms with E-state index >= 15 is 0 Å². The lowest BCUT2D eigenvalue weighted by molar-refractivity contribution is -0.348. The van der Waals surface area contributed by atoms with E-state index in [9.17, 15) is 61.5 Å². The van der Waals surface area contributed by atoms with E-state index in [4.69, 9.17) is 0 Å². The van der Waals surface area contributed by atoms with Crippen LogP contribution in [0.5, 0.6) is 0 Å². The normalized spacial score (nSPS) is 17.2. The molecular formula is C8F14. The van der Waals surface area contributed by atoms with Crippen LogP contribution in [0.25, 0.3) is 0 Å². The molecule has 0 atom stereocenters. The Morgan fingerprint density at radius 1 is 0.500 bits per heavy atom. The second-order valence-corrected chi connectivity index (χ2v) is 3.40. The van der Waals surface area contributed by atoms with Crippen molar-refractivity contribution in [2.75, 3.05) is 0 Å². The molecule has 0 nitrogen and oxygen atoms in total. The van der Waals surface area contributed by atoms with Crippen molar-refractivity contribution in [3.63, 3.8) is 0 Å². The number of rotatable bonds is 3. The summed E-state index contributed by atoms with van der Waals surface area (Å²) in [6, 6.07) is 0. The van der Waals surface area contributed by atoms with Crippen molar-refractivity contribution in [2.45, 2.75) is 24.2 Å². The van der Waals surface area contributed by atoms with E-state index < -0.39 is 47.5 Å². The lowest BCUT2D eigenvalue weighted by Crippen LogP contribution is -2.52. The van der Waals surface area contributed by atoms with Gasteiger partial charge in [-0.3, -0.25) is 0 Å². The minimum Gasteiger partial charge on any atom is -0.201 e. The van der Waals surface area contributed by atoms with E-state index in [1.165, 1.54) is 0 Å². The van der Waals surface area contributed by atoms with Crippen molar-refractivity contribution in [2.24, 2.45) is 0 Å². The maximum Gasteiger partial charge on any atom is 0.460 e. The molecule has 0 spiro atoms. The average Bonchev–Trinajstić information content (AvgIpc) is 2.32. The molecule has 0 aromatic rings. The van der Waals surface area contributed by atoms with Crippen molar-refractivity contribution >= 4 is 0 Å². The molecule has 0 saturated carbocycles. The molecule has 0 unspecified atom stereocenters. The summed E-state index contributed by atoms with van der Waals surface area (Å²) in [5, 5.41) is 0. The Morgan fingerprint density at radius 3 is 1.09 bits per heavy atom. The predicted octanol–water partition coefficient (Wildman–Crippen LogP) is 5.68. The van der Waals surface area contributed by atoms with Crippen molar-refractivity contribution in [1.82, 2.24) is 0 Å².